The number of aliphatic hydroxyl groups is 1. The Bertz CT molecular complexity index is 366. The third-order valence-electron chi connectivity index (χ3n) is 2.99. The number of halogens is 2. The molecule has 88 valence electrons. The van der Waals surface area contributed by atoms with Gasteiger partial charge in [0.15, 0.2) is 0 Å². The van der Waals surface area contributed by atoms with Crippen LogP contribution in [-0.2, 0) is 0 Å². The molecule has 1 fully saturated rings. The van der Waals surface area contributed by atoms with Gasteiger partial charge in [0.1, 0.15) is 5.82 Å². The monoisotopic (exact) mass is 287 g/mol. The van der Waals surface area contributed by atoms with Gasteiger partial charge in [-0.15, -0.1) is 0 Å². The lowest BCUT2D eigenvalue weighted by Crippen LogP contribution is -2.23. The summed E-state index contributed by atoms with van der Waals surface area (Å²) in [7, 11) is 0. The van der Waals surface area contributed by atoms with Crippen LogP contribution in [0.1, 0.15) is 30.9 Å². The predicted octanol–water partition coefficient (Wildman–Crippen LogP) is 2.76. The minimum absolute atomic E-state index is 0.290. The highest BCUT2D eigenvalue weighted by Gasteiger charge is 2.20. The zero-order valence-corrected chi connectivity index (χ0v) is 10.5. The minimum Gasteiger partial charge on any atom is -0.388 e. The first-order valence-corrected chi connectivity index (χ1v) is 6.32. The molecule has 0 saturated carbocycles. The van der Waals surface area contributed by atoms with Gasteiger partial charge in [-0.3, -0.25) is 0 Å². The zero-order chi connectivity index (χ0) is 11.5. The third kappa shape index (κ3) is 2.81. The average Bonchev–Trinajstić information content (AvgIpc) is 2.70. The van der Waals surface area contributed by atoms with Crippen LogP contribution in [0.2, 0.25) is 0 Å². The molecule has 2 unspecified atom stereocenters. The van der Waals surface area contributed by atoms with Crippen molar-refractivity contribution >= 4 is 15.9 Å². The topological polar surface area (TPSA) is 32.3 Å². The lowest BCUT2D eigenvalue weighted by atomic mass is 10.0. The summed E-state index contributed by atoms with van der Waals surface area (Å²) in [6.07, 6.45) is 2.42. The fourth-order valence-corrected chi connectivity index (χ4v) is 2.74. The molecule has 2 rings (SSSR count). The highest BCUT2D eigenvalue weighted by molar-refractivity contribution is 9.10. The Morgan fingerprint density at radius 1 is 1.56 bits per heavy atom. The molecule has 0 amide bonds. The first-order chi connectivity index (χ1) is 7.66. The molecular formula is C12H15BrFNO. The Morgan fingerprint density at radius 2 is 2.38 bits per heavy atom. The molecule has 16 heavy (non-hydrogen) atoms. The highest BCUT2D eigenvalue weighted by atomic mass is 79.9. The van der Waals surface area contributed by atoms with Gasteiger partial charge in [0.05, 0.1) is 6.10 Å². The molecule has 0 bridgehead atoms. The maximum Gasteiger partial charge on any atom is 0.124 e. The Morgan fingerprint density at radius 3 is 3.00 bits per heavy atom. The van der Waals surface area contributed by atoms with Gasteiger partial charge >= 0.3 is 0 Å². The zero-order valence-electron chi connectivity index (χ0n) is 8.92. The second-order valence-electron chi connectivity index (χ2n) is 4.21. The van der Waals surface area contributed by atoms with E-state index in [1.54, 1.807) is 6.07 Å². The van der Waals surface area contributed by atoms with Crippen LogP contribution < -0.4 is 5.32 Å². The molecule has 1 heterocycles. The van der Waals surface area contributed by atoms with Crippen LogP contribution in [0, 0.1) is 5.82 Å². The summed E-state index contributed by atoms with van der Waals surface area (Å²) in [5, 5.41) is 13.4. The average molecular weight is 288 g/mol. The Labute approximate surface area is 103 Å². The molecular weight excluding hydrogens is 273 g/mol. The molecule has 0 spiro atoms. The van der Waals surface area contributed by atoms with Gasteiger partial charge in [0.2, 0.25) is 0 Å². The number of nitrogens with one attached hydrogen (secondary N) is 1. The molecule has 2 atom stereocenters. The fourth-order valence-electron chi connectivity index (χ4n) is 2.13. The quantitative estimate of drug-likeness (QED) is 0.896. The molecule has 1 aliphatic rings. The van der Waals surface area contributed by atoms with Crippen LogP contribution in [0.4, 0.5) is 4.39 Å². The minimum atomic E-state index is -0.537. The van der Waals surface area contributed by atoms with E-state index < -0.39 is 6.10 Å². The first-order valence-electron chi connectivity index (χ1n) is 5.53. The van der Waals surface area contributed by atoms with Crippen LogP contribution >= 0.6 is 15.9 Å². The van der Waals surface area contributed by atoms with E-state index in [1.807, 2.05) is 0 Å². The van der Waals surface area contributed by atoms with Crippen LogP contribution in [0.15, 0.2) is 22.7 Å². The molecule has 0 radical (unpaired) electrons. The lowest BCUT2D eigenvalue weighted by Gasteiger charge is -2.17. The summed E-state index contributed by atoms with van der Waals surface area (Å²) in [5.74, 6) is -0.290. The summed E-state index contributed by atoms with van der Waals surface area (Å²) < 4.78 is 13.5. The largest absolute Gasteiger partial charge is 0.388 e. The third-order valence-corrected chi connectivity index (χ3v) is 3.68. The van der Waals surface area contributed by atoms with Crippen LogP contribution in [0.5, 0.6) is 0 Å². The molecule has 0 aromatic heterocycles. The standard InChI is InChI=1S/C12H15BrFNO/c13-11-6-8(14)3-4-10(11)12(16)7-9-2-1-5-15-9/h3-4,6,9,12,15-16H,1-2,5,7H2. The van der Waals surface area contributed by atoms with Crippen LogP contribution in [0.3, 0.4) is 0 Å². The molecule has 2 nitrogen and oxygen atoms in total. The van der Waals surface area contributed by atoms with E-state index in [0.717, 1.165) is 18.5 Å². The van der Waals surface area contributed by atoms with E-state index in [1.165, 1.54) is 18.6 Å². The fraction of sp³-hybridized carbons (Fsp3) is 0.500. The van der Waals surface area contributed by atoms with Crippen LogP contribution in [-0.4, -0.2) is 17.7 Å². The van der Waals surface area contributed by atoms with Crippen molar-refractivity contribution in [2.24, 2.45) is 0 Å². The number of aliphatic hydroxyl groups excluding tert-OH is 1. The van der Waals surface area contributed by atoms with Crippen molar-refractivity contribution in [1.29, 1.82) is 0 Å². The molecule has 1 saturated heterocycles. The molecule has 0 aliphatic carbocycles. The van der Waals surface area contributed by atoms with Crippen molar-refractivity contribution in [1.82, 2.24) is 5.32 Å². The van der Waals surface area contributed by atoms with E-state index in [2.05, 4.69) is 21.2 Å². The molecule has 1 aromatic rings. The van der Waals surface area contributed by atoms with Crippen molar-refractivity contribution in [3.63, 3.8) is 0 Å². The van der Waals surface area contributed by atoms with Crippen LogP contribution in [0.25, 0.3) is 0 Å². The second-order valence-corrected chi connectivity index (χ2v) is 5.06. The van der Waals surface area contributed by atoms with E-state index in [-0.39, 0.29) is 5.82 Å². The summed E-state index contributed by atoms with van der Waals surface area (Å²) in [4.78, 5) is 0. The number of rotatable bonds is 3. The van der Waals surface area contributed by atoms with E-state index in [9.17, 15) is 9.50 Å². The maximum absolute atomic E-state index is 12.9. The van der Waals surface area contributed by atoms with E-state index >= 15 is 0 Å². The van der Waals surface area contributed by atoms with Gasteiger partial charge in [-0.1, -0.05) is 22.0 Å². The number of hydrogen-bond acceptors (Lipinski definition) is 2. The smallest absolute Gasteiger partial charge is 0.124 e. The highest BCUT2D eigenvalue weighted by Crippen LogP contribution is 2.28. The van der Waals surface area contributed by atoms with Gasteiger partial charge in [-0.2, -0.15) is 0 Å². The normalized spacial score (nSPS) is 22.3. The van der Waals surface area contributed by atoms with Crippen molar-refractivity contribution in [2.45, 2.75) is 31.4 Å². The van der Waals surface area contributed by atoms with Crippen molar-refractivity contribution in [2.75, 3.05) is 6.54 Å². The summed E-state index contributed by atoms with van der Waals surface area (Å²) in [6.45, 7) is 1.03. The molecule has 1 aliphatic heterocycles. The maximum atomic E-state index is 12.9. The van der Waals surface area contributed by atoms with E-state index in [0.29, 0.717) is 16.9 Å². The summed E-state index contributed by atoms with van der Waals surface area (Å²) in [6, 6.07) is 4.79. The van der Waals surface area contributed by atoms with Gasteiger partial charge < -0.3 is 10.4 Å². The molecule has 1 aromatic carbocycles. The number of benzene rings is 1. The lowest BCUT2D eigenvalue weighted by molar-refractivity contribution is 0.154. The van der Waals surface area contributed by atoms with Crippen molar-refractivity contribution < 1.29 is 9.50 Å². The first kappa shape index (κ1) is 12.0. The Kier molecular flexibility index (Phi) is 3.95. The molecule has 2 N–H and O–H groups in total. The van der Waals surface area contributed by atoms with Gasteiger partial charge in [0, 0.05) is 10.5 Å². The molecule has 4 heteroatoms. The van der Waals surface area contributed by atoms with Gasteiger partial charge in [-0.05, 0) is 43.5 Å². The Hall–Kier alpha value is -0.450. The summed E-state index contributed by atoms with van der Waals surface area (Å²) in [5.41, 5.74) is 0.759. The predicted molar refractivity (Wildman–Crippen MR) is 64.7 cm³/mol. The van der Waals surface area contributed by atoms with Crippen molar-refractivity contribution in [3.8, 4) is 0 Å². The second kappa shape index (κ2) is 5.25. The SMILES string of the molecule is OC(CC1CCCN1)c1ccc(F)cc1Br. The number of hydrogen-bond donors (Lipinski definition) is 2. The summed E-state index contributed by atoms with van der Waals surface area (Å²) >= 11 is 3.28. The van der Waals surface area contributed by atoms with Crippen molar-refractivity contribution in [3.05, 3.63) is 34.1 Å². The van der Waals surface area contributed by atoms with Gasteiger partial charge in [-0.25, -0.2) is 4.39 Å². The van der Waals surface area contributed by atoms with Gasteiger partial charge in [0.25, 0.3) is 0 Å². The van der Waals surface area contributed by atoms with E-state index in [4.69, 9.17) is 0 Å². The Balaban J connectivity index is 2.04.